The highest BCUT2D eigenvalue weighted by Gasteiger charge is 2.26. The fourth-order valence-corrected chi connectivity index (χ4v) is 3.19. The summed E-state index contributed by atoms with van der Waals surface area (Å²) in [6, 6.07) is 0. The maximum atomic E-state index is 12.2. The zero-order valence-electron chi connectivity index (χ0n) is 13.5. The van der Waals surface area contributed by atoms with E-state index in [1.165, 1.54) is 32.5 Å². The van der Waals surface area contributed by atoms with Gasteiger partial charge >= 0.3 is 0 Å². The van der Waals surface area contributed by atoms with Crippen LogP contribution in [0.4, 0.5) is 0 Å². The zero-order chi connectivity index (χ0) is 14.6. The van der Waals surface area contributed by atoms with Crippen LogP contribution < -0.4 is 5.32 Å². The molecule has 20 heavy (non-hydrogen) atoms. The lowest BCUT2D eigenvalue weighted by atomic mass is 9.90. The molecule has 2 aliphatic rings. The van der Waals surface area contributed by atoms with E-state index >= 15 is 0 Å². The molecule has 0 bridgehead atoms. The van der Waals surface area contributed by atoms with Crippen molar-refractivity contribution in [2.75, 3.05) is 45.8 Å². The van der Waals surface area contributed by atoms with Crippen molar-refractivity contribution in [3.63, 3.8) is 0 Å². The van der Waals surface area contributed by atoms with Gasteiger partial charge in [0.05, 0.1) is 0 Å². The van der Waals surface area contributed by atoms with Crippen molar-refractivity contribution >= 4 is 5.91 Å². The highest BCUT2D eigenvalue weighted by atomic mass is 16.2. The number of piperidine rings is 1. The molecule has 4 nitrogen and oxygen atoms in total. The summed E-state index contributed by atoms with van der Waals surface area (Å²) in [5.41, 5.74) is 0.106. The molecule has 0 aromatic heterocycles. The van der Waals surface area contributed by atoms with E-state index in [-0.39, 0.29) is 5.41 Å². The summed E-state index contributed by atoms with van der Waals surface area (Å²) in [7, 11) is 0. The van der Waals surface area contributed by atoms with Crippen LogP contribution in [0.3, 0.4) is 0 Å². The summed E-state index contributed by atoms with van der Waals surface area (Å²) < 4.78 is 0. The SMILES string of the molecule is CC(C)(C)CC(=O)N1CCC(CN2CCNCC2)CC1. The Kier molecular flexibility index (Phi) is 5.44. The molecule has 0 atom stereocenters. The Hall–Kier alpha value is -0.610. The van der Waals surface area contributed by atoms with Crippen molar-refractivity contribution in [1.82, 2.24) is 15.1 Å². The molecule has 0 unspecified atom stereocenters. The molecule has 116 valence electrons. The Bertz CT molecular complexity index is 310. The largest absolute Gasteiger partial charge is 0.343 e. The first kappa shape index (κ1) is 15.8. The minimum absolute atomic E-state index is 0.106. The van der Waals surface area contributed by atoms with E-state index in [9.17, 15) is 4.79 Å². The Morgan fingerprint density at radius 3 is 2.25 bits per heavy atom. The molecule has 4 heteroatoms. The summed E-state index contributed by atoms with van der Waals surface area (Å²) in [5.74, 6) is 1.13. The van der Waals surface area contributed by atoms with Crippen molar-refractivity contribution in [2.45, 2.75) is 40.0 Å². The predicted molar refractivity (Wildman–Crippen MR) is 82.7 cm³/mol. The van der Waals surface area contributed by atoms with Crippen molar-refractivity contribution < 1.29 is 4.79 Å². The number of carbonyl (C=O) groups excluding carboxylic acids is 1. The second kappa shape index (κ2) is 6.90. The van der Waals surface area contributed by atoms with Crippen molar-refractivity contribution in [3.05, 3.63) is 0 Å². The number of amides is 1. The van der Waals surface area contributed by atoms with Gasteiger partial charge in [-0.15, -0.1) is 0 Å². The van der Waals surface area contributed by atoms with Gasteiger partial charge in [0.2, 0.25) is 5.91 Å². The molecule has 0 saturated carbocycles. The minimum atomic E-state index is 0.106. The number of carbonyl (C=O) groups is 1. The molecule has 0 aromatic rings. The third-order valence-electron chi connectivity index (χ3n) is 4.37. The lowest BCUT2D eigenvalue weighted by molar-refractivity contribution is -0.134. The van der Waals surface area contributed by atoms with E-state index in [4.69, 9.17) is 0 Å². The molecule has 2 rings (SSSR count). The highest BCUT2D eigenvalue weighted by Crippen LogP contribution is 2.23. The van der Waals surface area contributed by atoms with Crippen LogP contribution in [0, 0.1) is 11.3 Å². The number of hydrogen-bond acceptors (Lipinski definition) is 3. The van der Waals surface area contributed by atoms with Gasteiger partial charge in [0.1, 0.15) is 0 Å². The summed E-state index contributed by atoms with van der Waals surface area (Å²) in [6.45, 7) is 14.2. The number of rotatable bonds is 3. The molecule has 0 spiro atoms. The predicted octanol–water partition coefficient (Wildman–Crippen LogP) is 1.57. The van der Waals surface area contributed by atoms with Gasteiger partial charge in [0.25, 0.3) is 0 Å². The number of piperazine rings is 1. The highest BCUT2D eigenvalue weighted by molar-refractivity contribution is 5.76. The first-order valence-electron chi connectivity index (χ1n) is 8.15. The molecule has 0 radical (unpaired) electrons. The maximum absolute atomic E-state index is 12.2. The van der Waals surface area contributed by atoms with Crippen LogP contribution in [0.5, 0.6) is 0 Å². The zero-order valence-corrected chi connectivity index (χ0v) is 13.5. The van der Waals surface area contributed by atoms with Gasteiger partial charge in [-0.25, -0.2) is 0 Å². The van der Waals surface area contributed by atoms with Gasteiger partial charge in [0.15, 0.2) is 0 Å². The average molecular weight is 281 g/mol. The molecule has 0 aliphatic carbocycles. The summed E-state index contributed by atoms with van der Waals surface area (Å²) in [4.78, 5) is 16.9. The fourth-order valence-electron chi connectivity index (χ4n) is 3.19. The second-order valence-corrected chi connectivity index (χ2v) is 7.61. The molecule has 1 amide bonds. The molecule has 2 saturated heterocycles. The normalized spacial score (nSPS) is 23.1. The van der Waals surface area contributed by atoms with Crippen LogP contribution in [-0.2, 0) is 4.79 Å². The summed E-state index contributed by atoms with van der Waals surface area (Å²) in [6.07, 6.45) is 3.04. The molecule has 2 aliphatic heterocycles. The standard InChI is InChI=1S/C16H31N3O/c1-16(2,3)12-15(20)19-8-4-14(5-9-19)13-18-10-6-17-7-11-18/h14,17H,4-13H2,1-3H3. The van der Waals surface area contributed by atoms with E-state index in [0.29, 0.717) is 12.3 Å². The van der Waals surface area contributed by atoms with Gasteiger partial charge in [-0.2, -0.15) is 0 Å². The van der Waals surface area contributed by atoms with E-state index in [2.05, 4.69) is 35.9 Å². The Morgan fingerprint density at radius 2 is 1.70 bits per heavy atom. The van der Waals surface area contributed by atoms with E-state index < -0.39 is 0 Å². The molecular formula is C16H31N3O. The van der Waals surface area contributed by atoms with Gasteiger partial charge < -0.3 is 15.1 Å². The first-order valence-corrected chi connectivity index (χ1v) is 8.15. The Morgan fingerprint density at radius 1 is 1.10 bits per heavy atom. The smallest absolute Gasteiger partial charge is 0.223 e. The third-order valence-corrected chi connectivity index (χ3v) is 4.37. The number of nitrogens with one attached hydrogen (secondary N) is 1. The summed E-state index contributed by atoms with van der Waals surface area (Å²) in [5, 5.41) is 3.40. The van der Waals surface area contributed by atoms with Crippen LogP contribution in [0.25, 0.3) is 0 Å². The van der Waals surface area contributed by atoms with Crippen LogP contribution >= 0.6 is 0 Å². The fraction of sp³-hybridized carbons (Fsp3) is 0.938. The number of likely N-dealkylation sites (tertiary alicyclic amines) is 1. The van der Waals surface area contributed by atoms with Crippen molar-refractivity contribution in [3.8, 4) is 0 Å². The summed E-state index contributed by atoms with van der Waals surface area (Å²) >= 11 is 0. The van der Waals surface area contributed by atoms with Crippen molar-refractivity contribution in [2.24, 2.45) is 11.3 Å². The average Bonchev–Trinajstić information content (AvgIpc) is 2.39. The molecule has 2 fully saturated rings. The van der Waals surface area contributed by atoms with Crippen LogP contribution in [0.2, 0.25) is 0 Å². The van der Waals surface area contributed by atoms with Gasteiger partial charge in [0, 0.05) is 52.2 Å². The van der Waals surface area contributed by atoms with E-state index in [1.54, 1.807) is 0 Å². The molecule has 1 N–H and O–H groups in total. The van der Waals surface area contributed by atoms with Gasteiger partial charge in [-0.3, -0.25) is 4.79 Å². The molecule has 0 aromatic carbocycles. The minimum Gasteiger partial charge on any atom is -0.343 e. The van der Waals surface area contributed by atoms with Crippen LogP contribution in [0.1, 0.15) is 40.0 Å². The topological polar surface area (TPSA) is 35.6 Å². The van der Waals surface area contributed by atoms with E-state index in [0.717, 1.165) is 32.1 Å². The Labute approximate surface area is 123 Å². The third kappa shape index (κ3) is 5.06. The maximum Gasteiger partial charge on any atom is 0.223 e. The second-order valence-electron chi connectivity index (χ2n) is 7.61. The lowest BCUT2D eigenvalue weighted by Crippen LogP contribution is -2.47. The molecule has 2 heterocycles. The van der Waals surface area contributed by atoms with Gasteiger partial charge in [-0.05, 0) is 24.2 Å². The Balaban J connectivity index is 1.70. The van der Waals surface area contributed by atoms with Crippen LogP contribution in [0.15, 0.2) is 0 Å². The van der Waals surface area contributed by atoms with Crippen molar-refractivity contribution in [1.29, 1.82) is 0 Å². The first-order chi connectivity index (χ1) is 9.44. The van der Waals surface area contributed by atoms with E-state index in [1.807, 2.05) is 0 Å². The quantitative estimate of drug-likeness (QED) is 0.853. The van der Waals surface area contributed by atoms with Gasteiger partial charge in [-0.1, -0.05) is 20.8 Å². The number of nitrogens with zero attached hydrogens (tertiary/aromatic N) is 2. The monoisotopic (exact) mass is 281 g/mol. The molecular weight excluding hydrogens is 250 g/mol. The lowest BCUT2D eigenvalue weighted by Gasteiger charge is -2.37. The van der Waals surface area contributed by atoms with Crippen LogP contribution in [-0.4, -0.2) is 61.5 Å². The number of hydrogen-bond donors (Lipinski definition) is 1.